The van der Waals surface area contributed by atoms with Crippen LogP contribution >= 0.6 is 0 Å². The van der Waals surface area contributed by atoms with Crippen molar-refractivity contribution in [2.24, 2.45) is 0 Å². The minimum absolute atomic E-state index is 0.454. The topological polar surface area (TPSA) is 122 Å². The maximum absolute atomic E-state index is 6.05. The lowest BCUT2D eigenvalue weighted by atomic mass is 10.0. The van der Waals surface area contributed by atoms with Crippen LogP contribution in [0.15, 0.2) is 138 Å². The molecule has 0 spiro atoms. The van der Waals surface area contributed by atoms with Crippen LogP contribution < -0.4 is 26.0 Å². The van der Waals surface area contributed by atoms with Gasteiger partial charge < -0.3 is 30.4 Å². The zero-order chi connectivity index (χ0) is 35.3. The number of nitrogens with zero attached hydrogens (tertiary/aromatic N) is 4. The zero-order valence-electron chi connectivity index (χ0n) is 28.7. The normalized spacial score (nSPS) is 11.0. The molecule has 3 heterocycles. The van der Waals surface area contributed by atoms with Crippen molar-refractivity contribution in [1.82, 2.24) is 19.9 Å². The van der Waals surface area contributed by atoms with E-state index in [2.05, 4.69) is 64.6 Å². The van der Waals surface area contributed by atoms with Crippen molar-refractivity contribution in [2.45, 2.75) is 20.0 Å². The van der Waals surface area contributed by atoms with Crippen LogP contribution in [0.1, 0.15) is 16.9 Å². The Hall–Kier alpha value is -6.94. The Bertz CT molecular complexity index is 2470. The molecule has 0 atom stereocenters. The van der Waals surface area contributed by atoms with Gasteiger partial charge in [0.1, 0.15) is 23.1 Å². The number of ether oxygens (including phenoxy) is 1. The van der Waals surface area contributed by atoms with E-state index in [9.17, 15) is 0 Å². The van der Waals surface area contributed by atoms with Gasteiger partial charge in [-0.1, -0.05) is 78.4 Å². The Balaban J connectivity index is 1.14. The van der Waals surface area contributed by atoms with Crippen molar-refractivity contribution in [3.63, 3.8) is 0 Å². The molecular weight excluding hydrogens is 649 g/mol. The van der Waals surface area contributed by atoms with Gasteiger partial charge in [0.15, 0.2) is 0 Å². The summed E-state index contributed by atoms with van der Waals surface area (Å²) in [6, 6.07) is 42.3. The van der Waals surface area contributed by atoms with Crippen LogP contribution in [0.3, 0.4) is 0 Å². The molecule has 0 aliphatic heterocycles. The van der Waals surface area contributed by atoms with Crippen molar-refractivity contribution >= 4 is 56.7 Å². The maximum Gasteiger partial charge on any atom is 0.229 e. The first-order valence-electron chi connectivity index (χ1n) is 17.0. The minimum atomic E-state index is 0.454. The van der Waals surface area contributed by atoms with Gasteiger partial charge >= 0.3 is 0 Å². The lowest BCUT2D eigenvalue weighted by molar-refractivity contribution is 0.418. The van der Waals surface area contributed by atoms with Gasteiger partial charge in [-0.15, -0.1) is 0 Å². The average molecular weight is 685 g/mol. The lowest BCUT2D eigenvalue weighted by Crippen LogP contribution is -2.06. The van der Waals surface area contributed by atoms with Gasteiger partial charge in [-0.2, -0.15) is 9.97 Å². The highest BCUT2D eigenvalue weighted by molar-refractivity contribution is 5.95. The highest BCUT2D eigenvalue weighted by Crippen LogP contribution is 2.39. The second-order valence-corrected chi connectivity index (χ2v) is 12.3. The molecule has 52 heavy (non-hydrogen) atoms. The summed E-state index contributed by atoms with van der Waals surface area (Å²) >= 11 is 0. The lowest BCUT2D eigenvalue weighted by Gasteiger charge is -2.17. The summed E-state index contributed by atoms with van der Waals surface area (Å²) in [5, 5.41) is 15.6. The first-order chi connectivity index (χ1) is 25.6. The van der Waals surface area contributed by atoms with Crippen molar-refractivity contribution in [1.29, 1.82) is 0 Å². The largest absolute Gasteiger partial charge is 0.494 e. The standard InChI is InChI=1S/C42H36N8O2/c1-27-17-20-30(21-18-27)45-41-48-37-24-29(19-22-34(37)40(49-41)44-26-31-12-9-23-52-31)32-14-8-16-36(38(32)51-2)47-42-46-35-15-7-6-13-33(35)39(50-42)43-25-28-10-4-3-5-11-28/h3-24H,25-26H2,1-2H3,(H2,43,46,47,50)(H2,44,45,48,49). The van der Waals surface area contributed by atoms with Gasteiger partial charge in [0.25, 0.3) is 0 Å². The fourth-order valence-electron chi connectivity index (χ4n) is 6.09. The number of aromatic nitrogens is 4. The smallest absolute Gasteiger partial charge is 0.229 e. The van der Waals surface area contributed by atoms with E-state index in [1.807, 2.05) is 91.0 Å². The van der Waals surface area contributed by atoms with Gasteiger partial charge in [0, 0.05) is 28.6 Å². The van der Waals surface area contributed by atoms with E-state index in [1.54, 1.807) is 13.4 Å². The highest BCUT2D eigenvalue weighted by Gasteiger charge is 2.16. The van der Waals surface area contributed by atoms with E-state index in [1.165, 1.54) is 5.56 Å². The molecule has 0 saturated carbocycles. The van der Waals surface area contributed by atoms with Crippen LogP contribution in [0, 0.1) is 6.92 Å². The number of rotatable bonds is 12. The van der Waals surface area contributed by atoms with Crippen LogP contribution in [0.25, 0.3) is 32.9 Å². The Kier molecular flexibility index (Phi) is 9.00. The number of hydrogen-bond donors (Lipinski definition) is 4. The first kappa shape index (κ1) is 32.3. The Morgan fingerprint density at radius 1 is 0.615 bits per heavy atom. The molecule has 256 valence electrons. The molecule has 4 N–H and O–H groups in total. The summed E-state index contributed by atoms with van der Waals surface area (Å²) in [6.45, 7) is 3.17. The third-order valence-corrected chi connectivity index (χ3v) is 8.70. The summed E-state index contributed by atoms with van der Waals surface area (Å²) in [4.78, 5) is 19.5. The van der Waals surface area contributed by atoms with Crippen LogP contribution in [0.5, 0.6) is 5.75 Å². The summed E-state index contributed by atoms with van der Waals surface area (Å²) < 4.78 is 11.6. The van der Waals surface area contributed by atoms with Gasteiger partial charge in [-0.25, -0.2) is 9.97 Å². The van der Waals surface area contributed by atoms with E-state index >= 15 is 0 Å². The number of furan rings is 1. The predicted molar refractivity (Wildman–Crippen MR) is 209 cm³/mol. The number of para-hydroxylation sites is 2. The van der Waals surface area contributed by atoms with Crippen molar-refractivity contribution in [3.8, 4) is 16.9 Å². The first-order valence-corrected chi connectivity index (χ1v) is 17.0. The van der Waals surface area contributed by atoms with Gasteiger partial charge in [-0.3, -0.25) is 0 Å². The molecule has 10 heteroatoms. The second kappa shape index (κ2) is 14.5. The molecule has 10 nitrogen and oxygen atoms in total. The second-order valence-electron chi connectivity index (χ2n) is 12.3. The van der Waals surface area contributed by atoms with Crippen LogP contribution in [0.2, 0.25) is 0 Å². The van der Waals surface area contributed by atoms with Gasteiger partial charge in [-0.05, 0) is 72.6 Å². The number of hydrogen-bond acceptors (Lipinski definition) is 10. The van der Waals surface area contributed by atoms with Crippen LogP contribution in [-0.4, -0.2) is 27.0 Å². The maximum atomic E-state index is 6.05. The molecule has 0 radical (unpaired) electrons. The quantitative estimate of drug-likeness (QED) is 0.0989. The van der Waals surface area contributed by atoms with Crippen molar-refractivity contribution in [2.75, 3.05) is 28.4 Å². The molecule has 0 saturated heterocycles. The van der Waals surface area contributed by atoms with Crippen LogP contribution in [-0.2, 0) is 13.1 Å². The van der Waals surface area contributed by atoms with E-state index in [-0.39, 0.29) is 0 Å². The highest BCUT2D eigenvalue weighted by atomic mass is 16.5. The van der Waals surface area contributed by atoms with Gasteiger partial charge in [0.2, 0.25) is 11.9 Å². The third kappa shape index (κ3) is 7.03. The third-order valence-electron chi connectivity index (χ3n) is 8.70. The molecule has 0 unspecified atom stereocenters. The molecule has 5 aromatic carbocycles. The predicted octanol–water partition coefficient (Wildman–Crippen LogP) is 9.86. The van der Waals surface area contributed by atoms with Crippen molar-refractivity contribution < 1.29 is 9.15 Å². The number of benzene rings is 5. The minimum Gasteiger partial charge on any atom is -0.494 e. The summed E-state index contributed by atoms with van der Waals surface area (Å²) in [5.74, 6) is 3.82. The molecule has 0 fully saturated rings. The van der Waals surface area contributed by atoms with E-state index in [0.717, 1.165) is 61.4 Å². The van der Waals surface area contributed by atoms with Crippen LogP contribution in [0.4, 0.5) is 34.9 Å². The number of aryl methyl sites for hydroxylation is 1. The average Bonchev–Trinajstić information content (AvgIpc) is 3.71. The van der Waals surface area contributed by atoms with Crippen molar-refractivity contribution in [3.05, 3.63) is 151 Å². The number of fused-ring (bicyclic) bond motifs is 2. The fraction of sp³-hybridized carbons (Fsp3) is 0.0952. The molecule has 0 amide bonds. The molecule has 0 aliphatic rings. The Labute approximate surface area is 301 Å². The van der Waals surface area contributed by atoms with E-state index in [0.29, 0.717) is 36.6 Å². The summed E-state index contributed by atoms with van der Waals surface area (Å²) in [7, 11) is 1.67. The zero-order valence-corrected chi connectivity index (χ0v) is 28.7. The molecule has 0 bridgehead atoms. The molecule has 8 aromatic rings. The van der Waals surface area contributed by atoms with E-state index in [4.69, 9.17) is 29.1 Å². The van der Waals surface area contributed by atoms with E-state index < -0.39 is 0 Å². The Morgan fingerprint density at radius 2 is 1.35 bits per heavy atom. The molecule has 8 rings (SSSR count). The van der Waals surface area contributed by atoms with Gasteiger partial charge in [0.05, 0.1) is 36.6 Å². The monoisotopic (exact) mass is 684 g/mol. The number of methoxy groups -OCH3 is 1. The molecular formula is C42H36N8O2. The summed E-state index contributed by atoms with van der Waals surface area (Å²) in [5.41, 5.74) is 7.36. The summed E-state index contributed by atoms with van der Waals surface area (Å²) in [6.07, 6.45) is 1.66. The Morgan fingerprint density at radius 3 is 2.13 bits per heavy atom. The molecule has 3 aromatic heterocycles. The fourth-order valence-corrected chi connectivity index (χ4v) is 6.09. The SMILES string of the molecule is COc1c(Nc2nc(NCc3ccccc3)c3ccccc3n2)cccc1-c1ccc2c(NCc3ccco3)nc(Nc3ccc(C)cc3)nc2c1. The number of nitrogens with one attached hydrogen (secondary N) is 4. The molecule has 0 aliphatic carbocycles. The number of anilines is 6.